The van der Waals surface area contributed by atoms with Crippen molar-refractivity contribution < 1.29 is 17.9 Å². The van der Waals surface area contributed by atoms with Crippen molar-refractivity contribution in [2.75, 3.05) is 19.7 Å². The van der Waals surface area contributed by atoms with Crippen LogP contribution >= 0.6 is 0 Å². The first-order valence-corrected chi connectivity index (χ1v) is 11.5. The Morgan fingerprint density at radius 2 is 1.76 bits per heavy atom. The number of aryl methyl sites for hydroxylation is 2. The van der Waals surface area contributed by atoms with Gasteiger partial charge in [-0.1, -0.05) is 12.1 Å². The van der Waals surface area contributed by atoms with Gasteiger partial charge in [0.25, 0.3) is 5.91 Å². The molecular weight excluding hydrogens is 390 g/mol. The Morgan fingerprint density at radius 1 is 1.10 bits per heavy atom. The lowest BCUT2D eigenvalue weighted by Crippen LogP contribution is -2.37. The summed E-state index contributed by atoms with van der Waals surface area (Å²) in [6.07, 6.45) is 3.00. The van der Waals surface area contributed by atoms with Crippen molar-refractivity contribution in [1.82, 2.24) is 14.6 Å². The Labute approximate surface area is 172 Å². The van der Waals surface area contributed by atoms with Gasteiger partial charge in [-0.15, -0.1) is 0 Å². The van der Waals surface area contributed by atoms with Gasteiger partial charge in [0, 0.05) is 31.0 Å². The number of carbonyl (C=O) groups excluding carboxylic acids is 1. The van der Waals surface area contributed by atoms with Gasteiger partial charge < -0.3 is 14.6 Å². The van der Waals surface area contributed by atoms with Crippen LogP contribution < -0.4 is 9.46 Å². The van der Waals surface area contributed by atoms with Crippen LogP contribution in [0.1, 0.15) is 53.5 Å². The molecule has 1 aliphatic rings. The largest absolute Gasteiger partial charge is 0.494 e. The Bertz CT molecular complexity index is 959. The number of hydrogen-bond acceptors (Lipinski definition) is 4. The van der Waals surface area contributed by atoms with E-state index in [4.69, 9.17) is 4.74 Å². The third-order valence-electron chi connectivity index (χ3n) is 5.14. The first-order valence-electron chi connectivity index (χ1n) is 10.0. The summed E-state index contributed by atoms with van der Waals surface area (Å²) >= 11 is 0. The van der Waals surface area contributed by atoms with Crippen molar-refractivity contribution >= 4 is 15.9 Å². The number of aromatic amines is 1. The molecule has 0 radical (unpaired) electrons. The summed E-state index contributed by atoms with van der Waals surface area (Å²) in [6, 6.07) is 7.26. The highest BCUT2D eigenvalue weighted by atomic mass is 32.2. The molecule has 8 heteroatoms. The van der Waals surface area contributed by atoms with Crippen LogP contribution in [0.5, 0.6) is 5.75 Å². The lowest BCUT2D eigenvalue weighted by molar-refractivity contribution is 0.0720. The fourth-order valence-electron chi connectivity index (χ4n) is 3.73. The number of piperidine rings is 1. The lowest BCUT2D eigenvalue weighted by Gasteiger charge is -2.27. The summed E-state index contributed by atoms with van der Waals surface area (Å²) in [5.74, 6) is 0.526. The maximum Gasteiger partial charge on any atom is 0.257 e. The molecule has 1 aromatic carbocycles. The van der Waals surface area contributed by atoms with E-state index >= 15 is 0 Å². The quantitative estimate of drug-likeness (QED) is 0.721. The molecule has 158 valence electrons. The number of sulfonamides is 1. The zero-order valence-electron chi connectivity index (χ0n) is 17.2. The minimum atomic E-state index is -3.86. The molecule has 0 spiro atoms. The predicted octanol–water partition coefficient (Wildman–Crippen LogP) is 3.13. The molecule has 1 fully saturated rings. The normalized spacial score (nSPS) is 14.8. The van der Waals surface area contributed by atoms with E-state index in [1.165, 1.54) is 0 Å². The third-order valence-corrected chi connectivity index (χ3v) is 6.72. The van der Waals surface area contributed by atoms with Crippen molar-refractivity contribution in [2.24, 2.45) is 0 Å². The molecule has 1 amide bonds. The molecule has 0 unspecified atom stereocenters. The summed E-state index contributed by atoms with van der Waals surface area (Å²) in [5, 5.41) is 0. The number of rotatable bonds is 7. The molecule has 29 heavy (non-hydrogen) atoms. The first kappa shape index (κ1) is 21.4. The average molecular weight is 420 g/mol. The lowest BCUT2D eigenvalue weighted by atomic mass is 10.1. The Morgan fingerprint density at radius 3 is 2.38 bits per heavy atom. The zero-order chi connectivity index (χ0) is 21.0. The van der Waals surface area contributed by atoms with E-state index in [0.29, 0.717) is 31.1 Å². The van der Waals surface area contributed by atoms with Crippen molar-refractivity contribution in [3.8, 4) is 5.75 Å². The molecule has 2 heterocycles. The number of benzene rings is 1. The summed E-state index contributed by atoms with van der Waals surface area (Å²) in [6.45, 7) is 7.39. The van der Waals surface area contributed by atoms with Crippen LogP contribution in [-0.4, -0.2) is 43.9 Å². The minimum Gasteiger partial charge on any atom is -0.494 e. The van der Waals surface area contributed by atoms with Crippen LogP contribution in [0.2, 0.25) is 0 Å². The molecule has 7 nitrogen and oxygen atoms in total. The molecule has 0 saturated carbocycles. The number of hydrogen-bond donors (Lipinski definition) is 2. The fourth-order valence-corrected chi connectivity index (χ4v) is 5.19. The highest BCUT2D eigenvalue weighted by Crippen LogP contribution is 2.26. The van der Waals surface area contributed by atoms with Crippen LogP contribution in [-0.2, 0) is 16.6 Å². The molecule has 2 N–H and O–H groups in total. The Kier molecular flexibility index (Phi) is 6.64. The van der Waals surface area contributed by atoms with E-state index < -0.39 is 10.0 Å². The van der Waals surface area contributed by atoms with Gasteiger partial charge in [0.2, 0.25) is 10.0 Å². The van der Waals surface area contributed by atoms with Crippen molar-refractivity contribution in [3.63, 3.8) is 0 Å². The number of nitrogens with one attached hydrogen (secondary N) is 2. The fraction of sp³-hybridized carbons (Fsp3) is 0.476. The summed E-state index contributed by atoms with van der Waals surface area (Å²) in [4.78, 5) is 17.9. The van der Waals surface area contributed by atoms with Crippen molar-refractivity contribution in [2.45, 2.75) is 51.5 Å². The number of likely N-dealkylation sites (tertiary alicyclic amines) is 1. The second-order valence-corrected chi connectivity index (χ2v) is 9.04. The molecular formula is C21H29N3O4S. The average Bonchev–Trinajstić information content (AvgIpc) is 3.02. The summed E-state index contributed by atoms with van der Waals surface area (Å²) < 4.78 is 34.2. The number of nitrogens with zero attached hydrogens (tertiary/aromatic N) is 1. The number of carbonyl (C=O) groups is 1. The zero-order valence-corrected chi connectivity index (χ0v) is 18.1. The highest BCUT2D eigenvalue weighted by Gasteiger charge is 2.31. The summed E-state index contributed by atoms with van der Waals surface area (Å²) in [5.41, 5.74) is 2.12. The molecule has 2 aromatic rings. The van der Waals surface area contributed by atoms with Gasteiger partial charge in [-0.05, 0) is 57.7 Å². The highest BCUT2D eigenvalue weighted by molar-refractivity contribution is 7.89. The number of ether oxygens (including phenoxy) is 1. The van der Waals surface area contributed by atoms with Crippen molar-refractivity contribution in [3.05, 3.63) is 46.8 Å². The van der Waals surface area contributed by atoms with E-state index in [-0.39, 0.29) is 22.9 Å². The molecule has 1 saturated heterocycles. The van der Waals surface area contributed by atoms with Crippen LogP contribution in [0.3, 0.4) is 0 Å². The Hall–Kier alpha value is -2.32. The number of amides is 1. The molecule has 3 rings (SSSR count). The number of aromatic nitrogens is 1. The molecule has 1 aromatic heterocycles. The molecule has 0 atom stereocenters. The maximum absolute atomic E-state index is 13.1. The van der Waals surface area contributed by atoms with Gasteiger partial charge in [0.1, 0.15) is 10.6 Å². The second kappa shape index (κ2) is 9.00. The molecule has 0 bridgehead atoms. The van der Waals surface area contributed by atoms with Gasteiger partial charge in [-0.25, -0.2) is 13.1 Å². The smallest absolute Gasteiger partial charge is 0.257 e. The Balaban J connectivity index is 1.81. The molecule has 0 aliphatic carbocycles. The van der Waals surface area contributed by atoms with Gasteiger partial charge in [0.15, 0.2) is 0 Å². The van der Waals surface area contributed by atoms with Crippen LogP contribution in [0.15, 0.2) is 29.2 Å². The summed E-state index contributed by atoms with van der Waals surface area (Å²) in [7, 11) is -3.86. The standard InChI is InChI=1S/C21H29N3O4S/c1-4-28-18-10-8-17(9-11-18)14-22-29(26,27)20-16(3)23-15(2)19(20)21(25)24-12-6-5-7-13-24/h8-11,22-23H,4-7,12-14H2,1-3H3. The maximum atomic E-state index is 13.1. The molecule has 1 aliphatic heterocycles. The van der Waals surface area contributed by atoms with Gasteiger partial charge in [-0.3, -0.25) is 4.79 Å². The van der Waals surface area contributed by atoms with Gasteiger partial charge in [0.05, 0.1) is 12.2 Å². The van der Waals surface area contributed by atoms with E-state index in [1.54, 1.807) is 18.7 Å². The van der Waals surface area contributed by atoms with Crippen molar-refractivity contribution in [1.29, 1.82) is 0 Å². The van der Waals surface area contributed by atoms with E-state index in [0.717, 1.165) is 30.6 Å². The van der Waals surface area contributed by atoms with Crippen LogP contribution in [0.4, 0.5) is 0 Å². The monoisotopic (exact) mass is 419 g/mol. The third kappa shape index (κ3) is 4.82. The van der Waals surface area contributed by atoms with E-state index in [9.17, 15) is 13.2 Å². The second-order valence-electron chi connectivity index (χ2n) is 7.33. The minimum absolute atomic E-state index is 0.0523. The predicted molar refractivity (Wildman–Crippen MR) is 112 cm³/mol. The topological polar surface area (TPSA) is 91.5 Å². The number of H-pyrrole nitrogens is 1. The van der Waals surface area contributed by atoms with Gasteiger partial charge >= 0.3 is 0 Å². The first-order chi connectivity index (χ1) is 13.8. The van der Waals surface area contributed by atoms with Crippen LogP contribution in [0, 0.1) is 13.8 Å². The van der Waals surface area contributed by atoms with Gasteiger partial charge in [-0.2, -0.15) is 0 Å². The van der Waals surface area contributed by atoms with E-state index in [2.05, 4.69) is 9.71 Å². The van der Waals surface area contributed by atoms with Crippen LogP contribution in [0.25, 0.3) is 0 Å². The van der Waals surface area contributed by atoms with E-state index in [1.807, 2.05) is 31.2 Å². The SMILES string of the molecule is CCOc1ccc(CNS(=O)(=O)c2c(C)[nH]c(C)c2C(=O)N2CCCCC2)cc1.